The lowest BCUT2D eigenvalue weighted by Gasteiger charge is -2.36. The van der Waals surface area contributed by atoms with Crippen LogP contribution in [0.15, 0.2) is 24.3 Å². The molecule has 1 heterocycles. The molecule has 122 valence electrons. The van der Waals surface area contributed by atoms with E-state index in [0.717, 1.165) is 25.2 Å². The number of hydrogen-bond donors (Lipinski definition) is 1. The first-order valence-corrected chi connectivity index (χ1v) is 8.35. The Morgan fingerprint density at radius 3 is 2.27 bits per heavy atom. The molecule has 0 aliphatic carbocycles. The molecule has 0 spiro atoms. The van der Waals surface area contributed by atoms with Gasteiger partial charge >= 0.3 is 12.1 Å². The Hall–Kier alpha value is -0.830. The van der Waals surface area contributed by atoms with Crippen LogP contribution in [-0.2, 0) is 21.3 Å². The van der Waals surface area contributed by atoms with Crippen LogP contribution in [0.5, 0.6) is 0 Å². The minimum atomic E-state index is -4.36. The van der Waals surface area contributed by atoms with Gasteiger partial charge < -0.3 is 10.1 Å². The average Bonchev–Trinajstić information content (AvgIpc) is 2.47. The molecule has 1 aliphatic rings. The largest absolute Gasteiger partial charge is 0.453 e. The van der Waals surface area contributed by atoms with Gasteiger partial charge in [0.15, 0.2) is 0 Å². The number of quaternary nitrogens is 1. The summed E-state index contributed by atoms with van der Waals surface area (Å²) in [6, 6.07) is 4.96. The van der Waals surface area contributed by atoms with Crippen molar-refractivity contribution in [2.75, 3.05) is 13.1 Å². The van der Waals surface area contributed by atoms with Crippen molar-refractivity contribution in [3.63, 3.8) is 0 Å². The second-order valence-electron chi connectivity index (χ2n) is 5.47. The first-order valence-electron chi connectivity index (χ1n) is 7.11. The Balaban J connectivity index is 2.31. The molecular weight excluding hydrogens is 410 g/mol. The molecule has 1 unspecified atom stereocenters. The molecule has 22 heavy (non-hydrogen) atoms. The SMILES string of the molecule is CC(I)C(=O)OC1(c2ccc(C(F)(F)F)cc2)CC[NH2+]CC1. The van der Waals surface area contributed by atoms with Crippen molar-refractivity contribution in [3.05, 3.63) is 35.4 Å². The normalized spacial score (nSPS) is 19.5. The summed E-state index contributed by atoms with van der Waals surface area (Å²) < 4.78 is 43.5. The van der Waals surface area contributed by atoms with Crippen LogP contribution < -0.4 is 5.32 Å². The number of rotatable bonds is 3. The molecule has 2 N–H and O–H groups in total. The van der Waals surface area contributed by atoms with Gasteiger partial charge in [0.05, 0.1) is 18.7 Å². The van der Waals surface area contributed by atoms with Crippen molar-refractivity contribution >= 4 is 28.6 Å². The lowest BCUT2D eigenvalue weighted by molar-refractivity contribution is -0.668. The molecule has 0 bridgehead atoms. The zero-order chi connectivity index (χ0) is 16.4. The molecule has 0 radical (unpaired) electrons. The van der Waals surface area contributed by atoms with Crippen LogP contribution in [0.25, 0.3) is 0 Å². The standard InChI is InChI=1S/C15H17F3INO2/c1-10(19)13(21)22-14(6-8-20-9-7-14)11-2-4-12(5-3-11)15(16,17)18/h2-5,10,20H,6-9H2,1H3/p+1. The maximum Gasteiger partial charge on any atom is 0.416 e. The Morgan fingerprint density at radius 1 is 1.27 bits per heavy atom. The molecule has 0 amide bonds. The van der Waals surface area contributed by atoms with E-state index >= 15 is 0 Å². The van der Waals surface area contributed by atoms with Gasteiger partial charge in [-0.05, 0) is 24.6 Å². The molecule has 1 aliphatic heterocycles. The van der Waals surface area contributed by atoms with Crippen molar-refractivity contribution in [1.29, 1.82) is 0 Å². The molecule has 1 saturated heterocycles. The molecule has 1 aromatic carbocycles. The van der Waals surface area contributed by atoms with Gasteiger partial charge in [-0.3, -0.25) is 4.79 Å². The third-order valence-electron chi connectivity index (χ3n) is 3.86. The van der Waals surface area contributed by atoms with Crippen molar-refractivity contribution in [2.24, 2.45) is 0 Å². The van der Waals surface area contributed by atoms with Gasteiger partial charge in [-0.1, -0.05) is 34.7 Å². The van der Waals surface area contributed by atoms with Crippen LogP contribution in [0.2, 0.25) is 0 Å². The van der Waals surface area contributed by atoms with Gasteiger partial charge in [-0.15, -0.1) is 0 Å². The summed E-state index contributed by atoms with van der Waals surface area (Å²) in [7, 11) is 0. The summed E-state index contributed by atoms with van der Waals surface area (Å²) in [5.41, 5.74) is -0.864. The molecule has 1 atom stereocenters. The minimum absolute atomic E-state index is 0.296. The highest BCUT2D eigenvalue weighted by Crippen LogP contribution is 2.37. The third-order valence-corrected chi connectivity index (χ3v) is 4.37. The monoisotopic (exact) mass is 428 g/mol. The van der Waals surface area contributed by atoms with Crippen LogP contribution in [-0.4, -0.2) is 23.0 Å². The number of benzene rings is 1. The number of carbonyl (C=O) groups excluding carboxylic acids is 1. The molecular formula is C15H18F3INO2+. The molecule has 2 rings (SSSR count). The van der Waals surface area contributed by atoms with E-state index in [1.54, 1.807) is 6.92 Å². The van der Waals surface area contributed by atoms with Gasteiger partial charge in [-0.25, -0.2) is 0 Å². The Bertz CT molecular complexity index is 523. The Labute approximate surface area is 140 Å². The van der Waals surface area contributed by atoms with Gasteiger partial charge in [0.1, 0.15) is 9.53 Å². The highest BCUT2D eigenvalue weighted by molar-refractivity contribution is 14.1. The zero-order valence-corrected chi connectivity index (χ0v) is 14.3. The lowest BCUT2D eigenvalue weighted by atomic mass is 9.84. The van der Waals surface area contributed by atoms with E-state index in [4.69, 9.17) is 4.74 Å². The third kappa shape index (κ3) is 3.92. The van der Waals surface area contributed by atoms with E-state index in [9.17, 15) is 18.0 Å². The number of nitrogens with two attached hydrogens (primary N) is 1. The van der Waals surface area contributed by atoms with Crippen LogP contribution in [0.4, 0.5) is 13.2 Å². The van der Waals surface area contributed by atoms with E-state index in [0.29, 0.717) is 18.4 Å². The van der Waals surface area contributed by atoms with E-state index in [-0.39, 0.29) is 9.89 Å². The van der Waals surface area contributed by atoms with Crippen LogP contribution in [0.3, 0.4) is 0 Å². The van der Waals surface area contributed by atoms with Gasteiger partial charge in [0, 0.05) is 12.8 Å². The fraction of sp³-hybridized carbons (Fsp3) is 0.533. The van der Waals surface area contributed by atoms with Crippen molar-refractivity contribution in [2.45, 2.75) is 35.5 Å². The van der Waals surface area contributed by atoms with Crippen LogP contribution >= 0.6 is 22.6 Å². The summed E-state index contributed by atoms with van der Waals surface area (Å²) in [5.74, 6) is -0.331. The maximum absolute atomic E-state index is 12.7. The van der Waals surface area contributed by atoms with E-state index in [1.165, 1.54) is 12.1 Å². The predicted molar refractivity (Wildman–Crippen MR) is 83.6 cm³/mol. The number of ether oxygens (including phenoxy) is 1. The van der Waals surface area contributed by atoms with Crippen molar-refractivity contribution in [3.8, 4) is 0 Å². The summed E-state index contributed by atoms with van der Waals surface area (Å²) in [6.45, 7) is 3.30. The zero-order valence-electron chi connectivity index (χ0n) is 12.1. The lowest BCUT2D eigenvalue weighted by Crippen LogP contribution is -2.87. The number of halogens is 4. The molecule has 1 aromatic rings. The molecule has 7 heteroatoms. The molecule has 0 saturated carbocycles. The summed E-state index contributed by atoms with van der Waals surface area (Å²) in [5, 5.41) is 2.11. The number of piperidine rings is 1. The van der Waals surface area contributed by atoms with E-state index < -0.39 is 17.3 Å². The highest BCUT2D eigenvalue weighted by atomic mass is 127. The van der Waals surface area contributed by atoms with Gasteiger partial charge in [0.25, 0.3) is 0 Å². The summed E-state index contributed by atoms with van der Waals surface area (Å²) in [4.78, 5) is 12.0. The topological polar surface area (TPSA) is 42.9 Å². The number of alkyl halides is 4. The smallest absolute Gasteiger partial charge is 0.416 e. The van der Waals surface area contributed by atoms with E-state index in [2.05, 4.69) is 5.32 Å². The first kappa shape index (κ1) is 17.5. The Kier molecular flexibility index (Phi) is 5.37. The Morgan fingerprint density at radius 2 is 1.82 bits per heavy atom. The second kappa shape index (κ2) is 6.74. The number of carbonyl (C=O) groups is 1. The average molecular weight is 428 g/mol. The van der Waals surface area contributed by atoms with Crippen LogP contribution in [0.1, 0.15) is 30.9 Å². The van der Waals surface area contributed by atoms with Crippen LogP contribution in [0, 0.1) is 0 Å². The molecule has 0 aromatic heterocycles. The minimum Gasteiger partial charge on any atom is -0.453 e. The fourth-order valence-electron chi connectivity index (χ4n) is 2.63. The quantitative estimate of drug-likeness (QED) is 0.457. The molecule has 1 fully saturated rings. The summed E-state index contributed by atoms with van der Waals surface area (Å²) >= 11 is 1.98. The molecule has 3 nitrogen and oxygen atoms in total. The van der Waals surface area contributed by atoms with Crippen molar-refractivity contribution < 1.29 is 28.0 Å². The maximum atomic E-state index is 12.7. The number of esters is 1. The van der Waals surface area contributed by atoms with Crippen molar-refractivity contribution in [1.82, 2.24) is 0 Å². The first-order chi connectivity index (χ1) is 10.2. The number of hydrogen-bond acceptors (Lipinski definition) is 2. The highest BCUT2D eigenvalue weighted by Gasteiger charge is 2.41. The van der Waals surface area contributed by atoms with Gasteiger partial charge in [0.2, 0.25) is 0 Å². The fourth-order valence-corrected chi connectivity index (χ4v) is 2.75. The second-order valence-corrected chi connectivity index (χ2v) is 7.34. The predicted octanol–water partition coefficient (Wildman–Crippen LogP) is 2.62. The van der Waals surface area contributed by atoms with Gasteiger partial charge in [-0.2, -0.15) is 13.2 Å². The van der Waals surface area contributed by atoms with E-state index in [1.807, 2.05) is 22.6 Å². The summed E-state index contributed by atoms with van der Waals surface area (Å²) in [6.07, 6.45) is -3.15.